The van der Waals surface area contributed by atoms with Crippen LogP contribution in [-0.2, 0) is 6.61 Å². The van der Waals surface area contributed by atoms with E-state index in [9.17, 15) is 5.11 Å². The van der Waals surface area contributed by atoms with Crippen molar-refractivity contribution in [3.63, 3.8) is 0 Å². The molecule has 0 saturated heterocycles. The van der Waals surface area contributed by atoms with Crippen LogP contribution in [0.5, 0.6) is 0 Å². The number of aliphatic hydroxyl groups is 1. The van der Waals surface area contributed by atoms with Gasteiger partial charge in [0.05, 0.1) is 6.61 Å². The van der Waals surface area contributed by atoms with Gasteiger partial charge in [0.1, 0.15) is 0 Å². The monoisotopic (exact) mass is 261 g/mol. The maximum Gasteiger partial charge on any atom is 0.0702 e. The molecule has 0 heterocycles. The van der Waals surface area contributed by atoms with Gasteiger partial charge in [-0.25, -0.2) is 0 Å². The fourth-order valence-electron chi connectivity index (χ4n) is 3.32. The number of hydrogen-bond acceptors (Lipinski definition) is 2. The Bertz CT molecular complexity index is 408. The molecule has 1 aliphatic rings. The van der Waals surface area contributed by atoms with Gasteiger partial charge in [-0.15, -0.1) is 0 Å². The molecule has 0 aliphatic heterocycles. The largest absolute Gasteiger partial charge is 0.392 e. The van der Waals surface area contributed by atoms with E-state index in [-0.39, 0.29) is 6.61 Å². The molecule has 0 bridgehead atoms. The van der Waals surface area contributed by atoms with Crippen LogP contribution in [0.4, 0.5) is 5.69 Å². The lowest BCUT2D eigenvalue weighted by Crippen LogP contribution is -2.35. The SMILES string of the molecule is CCC1CCC(N(C)c2ccc(C)cc2CO)CC1. The van der Waals surface area contributed by atoms with Crippen LogP contribution in [0.15, 0.2) is 18.2 Å². The molecule has 106 valence electrons. The first kappa shape index (κ1) is 14.4. The average molecular weight is 261 g/mol. The highest BCUT2D eigenvalue weighted by atomic mass is 16.3. The summed E-state index contributed by atoms with van der Waals surface area (Å²) in [4.78, 5) is 2.39. The van der Waals surface area contributed by atoms with Crippen LogP contribution in [0.25, 0.3) is 0 Å². The minimum Gasteiger partial charge on any atom is -0.392 e. The summed E-state index contributed by atoms with van der Waals surface area (Å²) in [5, 5.41) is 9.54. The fourth-order valence-corrected chi connectivity index (χ4v) is 3.32. The van der Waals surface area contributed by atoms with Gasteiger partial charge in [-0.3, -0.25) is 0 Å². The molecule has 1 N–H and O–H groups in total. The third-order valence-electron chi connectivity index (χ3n) is 4.73. The molecule has 1 saturated carbocycles. The quantitative estimate of drug-likeness (QED) is 0.888. The summed E-state index contributed by atoms with van der Waals surface area (Å²) < 4.78 is 0. The zero-order chi connectivity index (χ0) is 13.8. The van der Waals surface area contributed by atoms with Gasteiger partial charge in [-0.05, 0) is 44.6 Å². The first-order valence-corrected chi connectivity index (χ1v) is 7.59. The summed E-state index contributed by atoms with van der Waals surface area (Å²) in [5.41, 5.74) is 3.48. The van der Waals surface area contributed by atoms with E-state index in [4.69, 9.17) is 0 Å². The predicted molar refractivity (Wildman–Crippen MR) is 81.5 cm³/mol. The van der Waals surface area contributed by atoms with Crippen molar-refractivity contribution in [2.24, 2.45) is 5.92 Å². The third kappa shape index (κ3) is 3.30. The van der Waals surface area contributed by atoms with Gasteiger partial charge < -0.3 is 10.0 Å². The molecular weight excluding hydrogens is 234 g/mol. The molecule has 0 spiro atoms. The topological polar surface area (TPSA) is 23.5 Å². The van der Waals surface area contributed by atoms with Crippen molar-refractivity contribution < 1.29 is 5.11 Å². The highest BCUT2D eigenvalue weighted by molar-refractivity contribution is 5.55. The van der Waals surface area contributed by atoms with Gasteiger partial charge in [0.15, 0.2) is 0 Å². The van der Waals surface area contributed by atoms with Crippen molar-refractivity contribution in [1.82, 2.24) is 0 Å². The minimum absolute atomic E-state index is 0.131. The van der Waals surface area contributed by atoms with Crippen molar-refractivity contribution >= 4 is 5.69 Å². The van der Waals surface area contributed by atoms with Gasteiger partial charge in [0.25, 0.3) is 0 Å². The normalized spacial score (nSPS) is 23.4. The predicted octanol–water partition coefficient (Wildman–Crippen LogP) is 3.89. The number of anilines is 1. The Morgan fingerprint density at radius 3 is 2.47 bits per heavy atom. The molecule has 2 nitrogen and oxygen atoms in total. The second-order valence-electron chi connectivity index (χ2n) is 5.98. The van der Waals surface area contributed by atoms with E-state index in [1.165, 1.54) is 43.4 Å². The van der Waals surface area contributed by atoms with E-state index in [0.717, 1.165) is 11.5 Å². The highest BCUT2D eigenvalue weighted by Gasteiger charge is 2.24. The lowest BCUT2D eigenvalue weighted by molar-refractivity contribution is 0.280. The zero-order valence-electron chi connectivity index (χ0n) is 12.5. The Balaban J connectivity index is 2.09. The molecule has 1 aromatic carbocycles. The third-order valence-corrected chi connectivity index (χ3v) is 4.73. The lowest BCUT2D eigenvalue weighted by atomic mass is 9.84. The lowest BCUT2D eigenvalue weighted by Gasteiger charge is -2.36. The summed E-state index contributed by atoms with van der Waals surface area (Å²) in [6.07, 6.45) is 6.60. The molecule has 0 amide bonds. The summed E-state index contributed by atoms with van der Waals surface area (Å²) >= 11 is 0. The van der Waals surface area contributed by atoms with Crippen molar-refractivity contribution in [3.05, 3.63) is 29.3 Å². The fraction of sp³-hybridized carbons (Fsp3) is 0.647. The standard InChI is InChI=1S/C17H27NO/c1-4-14-6-8-16(9-7-14)18(3)17-10-5-13(2)11-15(17)12-19/h5,10-11,14,16,19H,4,6-9,12H2,1-3H3. The van der Waals surface area contributed by atoms with Crippen LogP contribution in [0.1, 0.15) is 50.2 Å². The smallest absolute Gasteiger partial charge is 0.0702 e. The molecule has 2 rings (SSSR count). The number of hydrogen-bond donors (Lipinski definition) is 1. The van der Waals surface area contributed by atoms with E-state index >= 15 is 0 Å². The summed E-state index contributed by atoms with van der Waals surface area (Å²) in [7, 11) is 2.18. The number of benzene rings is 1. The molecule has 0 unspecified atom stereocenters. The first-order chi connectivity index (χ1) is 9.15. The van der Waals surface area contributed by atoms with Crippen molar-refractivity contribution in [1.29, 1.82) is 0 Å². The Morgan fingerprint density at radius 1 is 1.21 bits per heavy atom. The van der Waals surface area contributed by atoms with Crippen LogP contribution in [-0.4, -0.2) is 18.2 Å². The van der Waals surface area contributed by atoms with Crippen LogP contribution in [0.2, 0.25) is 0 Å². The maximum absolute atomic E-state index is 9.54. The van der Waals surface area contributed by atoms with Gasteiger partial charge in [0.2, 0.25) is 0 Å². The van der Waals surface area contributed by atoms with E-state index < -0.39 is 0 Å². The molecule has 2 heteroatoms. The number of aliphatic hydroxyl groups excluding tert-OH is 1. The number of nitrogens with zero attached hydrogens (tertiary/aromatic N) is 1. The highest BCUT2D eigenvalue weighted by Crippen LogP contribution is 2.32. The molecule has 0 aromatic heterocycles. The zero-order valence-corrected chi connectivity index (χ0v) is 12.5. The van der Waals surface area contributed by atoms with E-state index in [2.05, 4.69) is 44.0 Å². The Labute approximate surface area is 117 Å². The summed E-state index contributed by atoms with van der Waals surface area (Å²) in [6.45, 7) is 4.51. The first-order valence-electron chi connectivity index (χ1n) is 7.59. The second-order valence-corrected chi connectivity index (χ2v) is 5.98. The molecule has 1 fully saturated rings. The number of rotatable bonds is 4. The van der Waals surface area contributed by atoms with Crippen LogP contribution >= 0.6 is 0 Å². The molecule has 19 heavy (non-hydrogen) atoms. The Hall–Kier alpha value is -1.02. The Morgan fingerprint density at radius 2 is 1.89 bits per heavy atom. The molecule has 1 aliphatic carbocycles. The van der Waals surface area contributed by atoms with Crippen LogP contribution in [0.3, 0.4) is 0 Å². The minimum atomic E-state index is 0.131. The second kappa shape index (κ2) is 6.42. The molecule has 0 radical (unpaired) electrons. The van der Waals surface area contributed by atoms with Gasteiger partial charge >= 0.3 is 0 Å². The van der Waals surface area contributed by atoms with Gasteiger partial charge in [-0.2, -0.15) is 0 Å². The van der Waals surface area contributed by atoms with Gasteiger partial charge in [0, 0.05) is 24.3 Å². The van der Waals surface area contributed by atoms with Crippen molar-refractivity contribution in [3.8, 4) is 0 Å². The number of aryl methyl sites for hydroxylation is 1. The van der Waals surface area contributed by atoms with Crippen LogP contribution in [0, 0.1) is 12.8 Å². The van der Waals surface area contributed by atoms with E-state index in [0.29, 0.717) is 6.04 Å². The molecule has 0 atom stereocenters. The maximum atomic E-state index is 9.54. The van der Waals surface area contributed by atoms with E-state index in [1.54, 1.807) is 0 Å². The van der Waals surface area contributed by atoms with E-state index in [1.807, 2.05) is 0 Å². The van der Waals surface area contributed by atoms with Crippen molar-refractivity contribution in [2.75, 3.05) is 11.9 Å². The van der Waals surface area contributed by atoms with Gasteiger partial charge in [-0.1, -0.05) is 31.0 Å². The molecule has 1 aromatic rings. The van der Waals surface area contributed by atoms with Crippen molar-refractivity contribution in [2.45, 2.75) is 58.6 Å². The molecular formula is C17H27NO. The Kier molecular flexibility index (Phi) is 4.87. The average Bonchev–Trinajstić information content (AvgIpc) is 2.46. The van der Waals surface area contributed by atoms with Crippen LogP contribution < -0.4 is 4.90 Å². The summed E-state index contributed by atoms with van der Waals surface area (Å²) in [5.74, 6) is 0.931. The summed E-state index contributed by atoms with van der Waals surface area (Å²) in [6, 6.07) is 7.04.